The molecule has 1 aromatic heterocycles. The summed E-state index contributed by atoms with van der Waals surface area (Å²) in [7, 11) is 0. The van der Waals surface area contributed by atoms with Crippen LogP contribution in [0.5, 0.6) is 0 Å². The third-order valence-electron chi connectivity index (χ3n) is 2.25. The molecule has 0 unspecified atom stereocenters. The van der Waals surface area contributed by atoms with Gasteiger partial charge in [-0.2, -0.15) is 0 Å². The second-order valence-corrected chi connectivity index (χ2v) is 3.23. The highest BCUT2D eigenvalue weighted by Gasteiger charge is 2.05. The van der Waals surface area contributed by atoms with Gasteiger partial charge in [-0.3, -0.25) is 15.2 Å². The van der Waals surface area contributed by atoms with E-state index in [4.69, 9.17) is 5.84 Å². The van der Waals surface area contributed by atoms with Crippen molar-refractivity contribution in [3.63, 3.8) is 0 Å². The Morgan fingerprint density at radius 3 is 2.93 bits per heavy atom. The molecule has 0 bridgehead atoms. The van der Waals surface area contributed by atoms with E-state index in [1.165, 1.54) is 0 Å². The van der Waals surface area contributed by atoms with E-state index in [1.807, 2.05) is 30.3 Å². The minimum Gasteiger partial charge on any atom is -0.294 e. The number of fused-ring (bicyclic) bond motifs is 1. The molecule has 0 radical (unpaired) electrons. The lowest BCUT2D eigenvalue weighted by atomic mass is 10.1. The summed E-state index contributed by atoms with van der Waals surface area (Å²) in [5.41, 5.74) is 3.94. The van der Waals surface area contributed by atoms with E-state index in [2.05, 4.69) is 10.4 Å². The standard InChI is InChI=1S/C11H11N3O/c12-14-11(15)7-8-5-6-13-10-4-2-1-3-9(8)10/h1-6H,7,12H2,(H,14,15). The molecule has 0 atom stereocenters. The van der Waals surface area contributed by atoms with Crippen molar-refractivity contribution < 1.29 is 4.79 Å². The van der Waals surface area contributed by atoms with Gasteiger partial charge in [0.1, 0.15) is 0 Å². The van der Waals surface area contributed by atoms with Crippen LogP contribution in [0.2, 0.25) is 0 Å². The number of hydrogen-bond acceptors (Lipinski definition) is 3. The molecule has 76 valence electrons. The van der Waals surface area contributed by atoms with Crippen molar-refractivity contribution in [2.75, 3.05) is 0 Å². The molecule has 15 heavy (non-hydrogen) atoms. The highest BCUT2D eigenvalue weighted by atomic mass is 16.2. The number of hydrogen-bond donors (Lipinski definition) is 2. The van der Waals surface area contributed by atoms with Crippen LogP contribution in [-0.4, -0.2) is 10.9 Å². The summed E-state index contributed by atoms with van der Waals surface area (Å²) in [4.78, 5) is 15.4. The highest BCUT2D eigenvalue weighted by Crippen LogP contribution is 2.16. The Bertz CT molecular complexity index is 491. The molecule has 0 fully saturated rings. The van der Waals surface area contributed by atoms with Gasteiger partial charge in [0, 0.05) is 11.6 Å². The third-order valence-corrected chi connectivity index (χ3v) is 2.25. The molecule has 3 N–H and O–H groups in total. The molecule has 0 saturated heterocycles. The monoisotopic (exact) mass is 201 g/mol. The number of amides is 1. The number of hydrazine groups is 1. The molecule has 4 heteroatoms. The first-order valence-electron chi connectivity index (χ1n) is 4.63. The Labute approximate surface area is 87.1 Å². The van der Waals surface area contributed by atoms with Gasteiger partial charge in [0.25, 0.3) is 0 Å². The average molecular weight is 201 g/mol. The Hall–Kier alpha value is -1.94. The minimum atomic E-state index is -0.202. The van der Waals surface area contributed by atoms with Crippen LogP contribution >= 0.6 is 0 Å². The zero-order valence-corrected chi connectivity index (χ0v) is 8.10. The normalized spacial score (nSPS) is 10.2. The quantitative estimate of drug-likeness (QED) is 0.428. The van der Waals surface area contributed by atoms with E-state index < -0.39 is 0 Å². The summed E-state index contributed by atoms with van der Waals surface area (Å²) in [6, 6.07) is 9.54. The maximum Gasteiger partial charge on any atom is 0.238 e. The summed E-state index contributed by atoms with van der Waals surface area (Å²) >= 11 is 0. The van der Waals surface area contributed by atoms with Gasteiger partial charge in [-0.05, 0) is 17.7 Å². The van der Waals surface area contributed by atoms with Gasteiger partial charge in [0.15, 0.2) is 0 Å². The Morgan fingerprint density at radius 1 is 1.33 bits per heavy atom. The smallest absolute Gasteiger partial charge is 0.238 e. The summed E-state index contributed by atoms with van der Waals surface area (Å²) in [6.45, 7) is 0. The molecular weight excluding hydrogens is 190 g/mol. The number of para-hydroxylation sites is 1. The van der Waals surface area contributed by atoms with Gasteiger partial charge < -0.3 is 0 Å². The molecule has 0 saturated carbocycles. The van der Waals surface area contributed by atoms with Crippen LogP contribution in [0.15, 0.2) is 36.5 Å². The highest BCUT2D eigenvalue weighted by molar-refractivity contribution is 5.87. The van der Waals surface area contributed by atoms with Gasteiger partial charge in [-0.1, -0.05) is 18.2 Å². The van der Waals surface area contributed by atoms with E-state index in [1.54, 1.807) is 6.20 Å². The first kappa shape index (κ1) is 9.61. The largest absolute Gasteiger partial charge is 0.294 e. The van der Waals surface area contributed by atoms with Crippen molar-refractivity contribution in [1.82, 2.24) is 10.4 Å². The fraction of sp³-hybridized carbons (Fsp3) is 0.0909. The molecule has 0 aliphatic heterocycles. The van der Waals surface area contributed by atoms with Gasteiger partial charge in [-0.25, -0.2) is 5.84 Å². The van der Waals surface area contributed by atoms with Crippen LogP contribution in [0.1, 0.15) is 5.56 Å². The summed E-state index contributed by atoms with van der Waals surface area (Å²) in [6.07, 6.45) is 1.97. The molecule has 2 rings (SSSR count). The van der Waals surface area contributed by atoms with Crippen molar-refractivity contribution >= 4 is 16.8 Å². The second kappa shape index (κ2) is 4.06. The molecular formula is C11H11N3O. The lowest BCUT2D eigenvalue weighted by Gasteiger charge is -2.04. The number of pyridine rings is 1. The fourth-order valence-corrected chi connectivity index (χ4v) is 1.53. The first-order valence-corrected chi connectivity index (χ1v) is 4.63. The number of nitrogens with one attached hydrogen (secondary N) is 1. The molecule has 1 heterocycles. The van der Waals surface area contributed by atoms with E-state index >= 15 is 0 Å². The maximum atomic E-state index is 11.2. The third kappa shape index (κ3) is 1.94. The Kier molecular flexibility index (Phi) is 2.60. The van der Waals surface area contributed by atoms with E-state index in [-0.39, 0.29) is 12.3 Å². The Balaban J connectivity index is 2.46. The summed E-state index contributed by atoms with van der Waals surface area (Å²) in [5, 5.41) is 0.989. The zero-order chi connectivity index (χ0) is 10.7. The Morgan fingerprint density at radius 2 is 2.13 bits per heavy atom. The predicted octanol–water partition coefficient (Wildman–Crippen LogP) is 0.767. The number of rotatable bonds is 2. The first-order chi connectivity index (χ1) is 7.31. The van der Waals surface area contributed by atoms with Gasteiger partial charge in [0.05, 0.1) is 11.9 Å². The van der Waals surface area contributed by atoms with Crippen LogP contribution in [0.3, 0.4) is 0 Å². The molecule has 0 spiro atoms. The molecule has 4 nitrogen and oxygen atoms in total. The van der Waals surface area contributed by atoms with Crippen LogP contribution in [0.4, 0.5) is 0 Å². The number of carbonyl (C=O) groups is 1. The lowest BCUT2D eigenvalue weighted by Crippen LogP contribution is -2.31. The van der Waals surface area contributed by atoms with Gasteiger partial charge in [0.2, 0.25) is 5.91 Å². The van der Waals surface area contributed by atoms with Crippen molar-refractivity contribution in [1.29, 1.82) is 0 Å². The number of aromatic nitrogens is 1. The number of benzene rings is 1. The second-order valence-electron chi connectivity index (χ2n) is 3.23. The van der Waals surface area contributed by atoms with Gasteiger partial charge >= 0.3 is 0 Å². The van der Waals surface area contributed by atoms with Crippen LogP contribution in [0.25, 0.3) is 10.9 Å². The molecule has 1 aromatic carbocycles. The van der Waals surface area contributed by atoms with E-state index in [0.29, 0.717) is 0 Å². The van der Waals surface area contributed by atoms with Gasteiger partial charge in [-0.15, -0.1) is 0 Å². The van der Waals surface area contributed by atoms with Crippen LogP contribution in [-0.2, 0) is 11.2 Å². The topological polar surface area (TPSA) is 68.0 Å². The number of carbonyl (C=O) groups excluding carboxylic acids is 1. The van der Waals surface area contributed by atoms with Crippen molar-refractivity contribution in [3.05, 3.63) is 42.1 Å². The number of nitrogens with zero attached hydrogens (tertiary/aromatic N) is 1. The zero-order valence-electron chi connectivity index (χ0n) is 8.10. The minimum absolute atomic E-state index is 0.202. The van der Waals surface area contributed by atoms with Crippen molar-refractivity contribution in [2.24, 2.45) is 5.84 Å². The predicted molar refractivity (Wildman–Crippen MR) is 57.8 cm³/mol. The maximum absolute atomic E-state index is 11.2. The van der Waals surface area contributed by atoms with Crippen LogP contribution < -0.4 is 11.3 Å². The fourth-order valence-electron chi connectivity index (χ4n) is 1.53. The molecule has 0 aliphatic rings. The SMILES string of the molecule is NNC(=O)Cc1ccnc2ccccc12. The molecule has 1 amide bonds. The van der Waals surface area contributed by atoms with E-state index in [9.17, 15) is 4.79 Å². The van der Waals surface area contributed by atoms with Crippen molar-refractivity contribution in [3.8, 4) is 0 Å². The van der Waals surface area contributed by atoms with E-state index in [0.717, 1.165) is 16.5 Å². The summed E-state index contributed by atoms with van der Waals surface area (Å²) in [5.74, 6) is 4.85. The number of nitrogens with two attached hydrogens (primary N) is 1. The van der Waals surface area contributed by atoms with Crippen LogP contribution in [0, 0.1) is 0 Å². The lowest BCUT2D eigenvalue weighted by molar-refractivity contribution is -0.120. The summed E-state index contributed by atoms with van der Waals surface area (Å²) < 4.78 is 0. The van der Waals surface area contributed by atoms with Crippen molar-refractivity contribution in [2.45, 2.75) is 6.42 Å². The molecule has 2 aromatic rings. The molecule has 0 aliphatic carbocycles. The average Bonchev–Trinajstić information content (AvgIpc) is 2.29.